The molecule has 4 nitrogen and oxygen atoms in total. The molecule has 0 atom stereocenters. The van der Waals surface area contributed by atoms with Crippen molar-refractivity contribution in [3.63, 3.8) is 0 Å². The van der Waals surface area contributed by atoms with Crippen LogP contribution in [0.25, 0.3) is 10.9 Å². The van der Waals surface area contributed by atoms with Gasteiger partial charge in [-0.15, -0.1) is 0 Å². The SMILES string of the molecule is Cc1cc(C)c2nc(C(F)(F)F)nc(NCCCO)c2c1. The van der Waals surface area contributed by atoms with Gasteiger partial charge in [-0.1, -0.05) is 6.07 Å². The minimum atomic E-state index is -4.60. The van der Waals surface area contributed by atoms with E-state index in [1.807, 2.05) is 6.92 Å². The molecule has 0 aliphatic rings. The van der Waals surface area contributed by atoms with Gasteiger partial charge in [0.2, 0.25) is 5.82 Å². The maximum atomic E-state index is 12.9. The number of anilines is 1. The Bertz CT molecular complexity index is 656. The second-order valence-electron chi connectivity index (χ2n) is 4.88. The summed E-state index contributed by atoms with van der Waals surface area (Å²) in [6.07, 6.45) is -4.17. The van der Waals surface area contributed by atoms with Crippen molar-refractivity contribution in [2.45, 2.75) is 26.4 Å². The molecule has 2 N–H and O–H groups in total. The van der Waals surface area contributed by atoms with Crippen LogP contribution in [-0.4, -0.2) is 28.2 Å². The predicted molar refractivity (Wildman–Crippen MR) is 74.2 cm³/mol. The third-order valence-corrected chi connectivity index (χ3v) is 3.02. The molecule has 0 bridgehead atoms. The van der Waals surface area contributed by atoms with Crippen LogP contribution in [0.1, 0.15) is 23.4 Å². The molecule has 7 heteroatoms. The smallest absolute Gasteiger partial charge is 0.396 e. The van der Waals surface area contributed by atoms with Crippen LogP contribution in [0.2, 0.25) is 0 Å². The van der Waals surface area contributed by atoms with E-state index < -0.39 is 12.0 Å². The fourth-order valence-corrected chi connectivity index (χ4v) is 2.13. The summed E-state index contributed by atoms with van der Waals surface area (Å²) < 4.78 is 38.7. The quantitative estimate of drug-likeness (QED) is 0.852. The van der Waals surface area contributed by atoms with E-state index in [-0.39, 0.29) is 17.9 Å². The van der Waals surface area contributed by atoms with Gasteiger partial charge in [-0.3, -0.25) is 0 Å². The maximum Gasteiger partial charge on any atom is 0.451 e. The van der Waals surface area contributed by atoms with Crippen LogP contribution < -0.4 is 5.32 Å². The van der Waals surface area contributed by atoms with Crippen molar-refractivity contribution in [1.82, 2.24) is 9.97 Å². The lowest BCUT2D eigenvalue weighted by molar-refractivity contribution is -0.144. The molecule has 1 aromatic carbocycles. The minimum absolute atomic E-state index is 0.0415. The Balaban J connectivity index is 2.61. The van der Waals surface area contributed by atoms with E-state index in [1.54, 1.807) is 19.1 Å². The number of hydrogen-bond acceptors (Lipinski definition) is 4. The number of halogens is 3. The summed E-state index contributed by atoms with van der Waals surface area (Å²) in [6, 6.07) is 3.54. The molecular weight excluding hydrogens is 283 g/mol. The summed E-state index contributed by atoms with van der Waals surface area (Å²) in [6.45, 7) is 3.88. The Labute approximate surface area is 120 Å². The van der Waals surface area contributed by atoms with Crippen LogP contribution in [0.3, 0.4) is 0 Å². The first kappa shape index (κ1) is 15.5. The lowest BCUT2D eigenvalue weighted by atomic mass is 10.1. The van der Waals surface area contributed by atoms with Crippen molar-refractivity contribution in [1.29, 1.82) is 0 Å². The van der Waals surface area contributed by atoms with E-state index in [1.165, 1.54) is 0 Å². The number of aromatic nitrogens is 2. The third-order valence-electron chi connectivity index (χ3n) is 3.02. The molecule has 2 aromatic rings. The molecule has 2 rings (SSSR count). The fourth-order valence-electron chi connectivity index (χ4n) is 2.13. The van der Waals surface area contributed by atoms with Crippen molar-refractivity contribution in [2.24, 2.45) is 0 Å². The van der Waals surface area contributed by atoms with Gasteiger partial charge < -0.3 is 10.4 Å². The molecule has 0 unspecified atom stereocenters. The first-order valence-corrected chi connectivity index (χ1v) is 6.54. The van der Waals surface area contributed by atoms with Gasteiger partial charge in [0.1, 0.15) is 5.82 Å². The molecule has 0 amide bonds. The number of benzene rings is 1. The van der Waals surface area contributed by atoms with Crippen LogP contribution in [-0.2, 0) is 6.18 Å². The molecule has 0 aliphatic carbocycles. The molecule has 0 spiro atoms. The molecule has 1 heterocycles. The number of rotatable bonds is 4. The number of nitrogens with one attached hydrogen (secondary N) is 1. The Morgan fingerprint density at radius 1 is 1.19 bits per heavy atom. The normalized spacial score (nSPS) is 11.9. The van der Waals surface area contributed by atoms with Gasteiger partial charge in [0, 0.05) is 18.5 Å². The summed E-state index contributed by atoms with van der Waals surface area (Å²) in [5.41, 5.74) is 1.88. The fraction of sp³-hybridized carbons (Fsp3) is 0.429. The molecule has 0 saturated carbocycles. The molecule has 0 saturated heterocycles. The number of fused-ring (bicyclic) bond motifs is 1. The monoisotopic (exact) mass is 299 g/mol. The van der Waals surface area contributed by atoms with E-state index in [2.05, 4.69) is 15.3 Å². The second kappa shape index (κ2) is 5.85. The summed E-state index contributed by atoms with van der Waals surface area (Å²) in [5, 5.41) is 12.2. The zero-order valence-electron chi connectivity index (χ0n) is 11.8. The third kappa shape index (κ3) is 3.41. The highest BCUT2D eigenvalue weighted by Crippen LogP contribution is 2.31. The number of aryl methyl sites for hydroxylation is 2. The number of nitrogens with zero attached hydrogens (tertiary/aromatic N) is 2. The van der Waals surface area contributed by atoms with Gasteiger partial charge in [-0.05, 0) is 37.5 Å². The highest BCUT2D eigenvalue weighted by Gasteiger charge is 2.35. The van der Waals surface area contributed by atoms with E-state index in [0.29, 0.717) is 23.9 Å². The van der Waals surface area contributed by atoms with Gasteiger partial charge in [0.25, 0.3) is 0 Å². The second-order valence-corrected chi connectivity index (χ2v) is 4.88. The first-order chi connectivity index (χ1) is 9.82. The molecule has 0 fully saturated rings. The van der Waals surface area contributed by atoms with Gasteiger partial charge in [0.05, 0.1) is 5.52 Å². The summed E-state index contributed by atoms with van der Waals surface area (Å²) in [4.78, 5) is 7.25. The highest BCUT2D eigenvalue weighted by atomic mass is 19.4. The van der Waals surface area contributed by atoms with Gasteiger partial charge in [-0.25, -0.2) is 9.97 Å². The van der Waals surface area contributed by atoms with Crippen LogP contribution in [0.4, 0.5) is 19.0 Å². The largest absolute Gasteiger partial charge is 0.451 e. The van der Waals surface area contributed by atoms with Crippen molar-refractivity contribution in [3.8, 4) is 0 Å². The molecule has 0 radical (unpaired) electrons. The zero-order chi connectivity index (χ0) is 15.6. The van der Waals surface area contributed by atoms with Crippen LogP contribution in [0, 0.1) is 13.8 Å². The lowest BCUT2D eigenvalue weighted by Crippen LogP contribution is -2.15. The van der Waals surface area contributed by atoms with Crippen LogP contribution >= 0.6 is 0 Å². The summed E-state index contributed by atoms with van der Waals surface area (Å²) in [5.74, 6) is -1.01. The Morgan fingerprint density at radius 3 is 2.52 bits per heavy atom. The van der Waals surface area contributed by atoms with E-state index in [0.717, 1.165) is 5.56 Å². The maximum absolute atomic E-state index is 12.9. The number of aliphatic hydroxyl groups is 1. The van der Waals surface area contributed by atoms with Crippen molar-refractivity contribution < 1.29 is 18.3 Å². The molecule has 114 valence electrons. The number of hydrogen-bond donors (Lipinski definition) is 2. The van der Waals surface area contributed by atoms with Crippen molar-refractivity contribution in [3.05, 3.63) is 29.1 Å². The molecule has 1 aromatic heterocycles. The van der Waals surface area contributed by atoms with E-state index in [4.69, 9.17) is 5.11 Å². The summed E-state index contributed by atoms with van der Waals surface area (Å²) >= 11 is 0. The van der Waals surface area contributed by atoms with Gasteiger partial charge >= 0.3 is 6.18 Å². The Kier molecular flexibility index (Phi) is 4.32. The predicted octanol–water partition coefficient (Wildman–Crippen LogP) is 3.06. The molecule has 0 aliphatic heterocycles. The van der Waals surface area contributed by atoms with E-state index in [9.17, 15) is 13.2 Å². The minimum Gasteiger partial charge on any atom is -0.396 e. The standard InChI is InChI=1S/C14H16F3N3O/c1-8-6-9(2)11-10(7-8)12(18-4-3-5-21)20-13(19-11)14(15,16)17/h6-7,21H,3-5H2,1-2H3,(H,18,19,20). The zero-order valence-corrected chi connectivity index (χ0v) is 11.8. The van der Waals surface area contributed by atoms with Crippen LogP contribution in [0.15, 0.2) is 12.1 Å². The number of alkyl halides is 3. The average Bonchev–Trinajstić information content (AvgIpc) is 2.38. The summed E-state index contributed by atoms with van der Waals surface area (Å²) in [7, 11) is 0. The lowest BCUT2D eigenvalue weighted by Gasteiger charge is -2.14. The molecule has 21 heavy (non-hydrogen) atoms. The van der Waals surface area contributed by atoms with Crippen molar-refractivity contribution in [2.75, 3.05) is 18.5 Å². The van der Waals surface area contributed by atoms with E-state index >= 15 is 0 Å². The van der Waals surface area contributed by atoms with Crippen LogP contribution in [0.5, 0.6) is 0 Å². The first-order valence-electron chi connectivity index (χ1n) is 6.54. The number of aliphatic hydroxyl groups excluding tert-OH is 1. The highest BCUT2D eigenvalue weighted by molar-refractivity contribution is 5.91. The molecular formula is C14H16F3N3O. The van der Waals surface area contributed by atoms with Gasteiger partial charge in [0.15, 0.2) is 0 Å². The Hall–Kier alpha value is -1.89. The van der Waals surface area contributed by atoms with Gasteiger partial charge in [-0.2, -0.15) is 13.2 Å². The Morgan fingerprint density at radius 2 is 1.90 bits per heavy atom. The topological polar surface area (TPSA) is 58.0 Å². The van der Waals surface area contributed by atoms with Crippen molar-refractivity contribution >= 4 is 16.7 Å². The average molecular weight is 299 g/mol.